The number of hydrogen-bond donors (Lipinski definition) is 0. The third-order valence-electron chi connectivity index (χ3n) is 4.27. The van der Waals surface area contributed by atoms with Crippen molar-refractivity contribution in [3.8, 4) is 0 Å². The van der Waals surface area contributed by atoms with Crippen LogP contribution in [0.3, 0.4) is 0 Å². The van der Waals surface area contributed by atoms with Gasteiger partial charge >= 0.3 is 0 Å². The highest BCUT2D eigenvalue weighted by Crippen LogP contribution is 2.43. The quantitative estimate of drug-likeness (QED) is 0.794. The summed E-state index contributed by atoms with van der Waals surface area (Å²) in [4.78, 5) is 5.00. The molecule has 0 saturated heterocycles. The summed E-state index contributed by atoms with van der Waals surface area (Å²) in [5.41, 5.74) is 1.41. The Morgan fingerprint density at radius 3 is 2.00 bits per heavy atom. The molecule has 2 unspecified atom stereocenters. The van der Waals surface area contributed by atoms with E-state index >= 15 is 0 Å². The van der Waals surface area contributed by atoms with Crippen molar-refractivity contribution in [2.24, 2.45) is 10.4 Å². The number of aliphatic imine (C=N–C) groups is 1. The Hall–Kier alpha value is -2.21. The summed E-state index contributed by atoms with van der Waals surface area (Å²) in [5.74, 6) is 0.325. The molecule has 0 spiro atoms. The lowest BCUT2D eigenvalue weighted by Gasteiger charge is -2.22. The monoisotopic (exact) mass is 375 g/mol. The molecule has 0 amide bonds. The predicted octanol–water partition coefficient (Wildman–Crippen LogP) is 4.49. The van der Waals surface area contributed by atoms with E-state index in [1.54, 1.807) is 36.4 Å². The van der Waals surface area contributed by atoms with Gasteiger partial charge in [0.15, 0.2) is 21.8 Å². The van der Waals surface area contributed by atoms with Crippen molar-refractivity contribution >= 4 is 15.7 Å². The van der Waals surface area contributed by atoms with Crippen LogP contribution in [0.15, 0.2) is 58.4 Å². The molecular weight excluding hydrogens is 353 g/mol. The smallest absolute Gasteiger partial charge is 0.190 e. The largest absolute Gasteiger partial charge is 0.470 e. The van der Waals surface area contributed by atoms with Crippen LogP contribution in [0, 0.1) is 11.2 Å². The van der Waals surface area contributed by atoms with Crippen molar-refractivity contribution in [3.05, 3.63) is 65.5 Å². The number of ether oxygens (including phenoxy) is 1. The highest BCUT2D eigenvalue weighted by atomic mass is 32.2. The zero-order chi connectivity index (χ0) is 19.1. The molecule has 0 bridgehead atoms. The molecule has 6 heteroatoms. The number of halogens is 1. The molecule has 4 nitrogen and oxygen atoms in total. The van der Waals surface area contributed by atoms with E-state index in [4.69, 9.17) is 9.73 Å². The van der Waals surface area contributed by atoms with Crippen LogP contribution in [0.5, 0.6) is 0 Å². The molecule has 138 valence electrons. The fourth-order valence-corrected chi connectivity index (χ4v) is 3.47. The van der Waals surface area contributed by atoms with Crippen LogP contribution in [-0.2, 0) is 14.6 Å². The number of benzene rings is 2. The van der Waals surface area contributed by atoms with Crippen molar-refractivity contribution < 1.29 is 17.5 Å². The molecule has 0 aliphatic carbocycles. The normalized spacial score (nSPS) is 20.6. The second kappa shape index (κ2) is 6.50. The Morgan fingerprint density at radius 2 is 1.50 bits per heavy atom. The Labute approximate surface area is 153 Å². The van der Waals surface area contributed by atoms with E-state index in [0.717, 1.165) is 11.1 Å². The number of hydrogen-bond acceptors (Lipinski definition) is 4. The van der Waals surface area contributed by atoms with Gasteiger partial charge in [-0.2, -0.15) is 0 Å². The maximum atomic E-state index is 13.3. The summed E-state index contributed by atoms with van der Waals surface area (Å²) >= 11 is 0. The van der Waals surface area contributed by atoms with E-state index in [9.17, 15) is 12.8 Å². The van der Waals surface area contributed by atoms with Gasteiger partial charge in [0, 0.05) is 11.7 Å². The topological polar surface area (TPSA) is 55.7 Å². The summed E-state index contributed by atoms with van der Waals surface area (Å²) < 4.78 is 42.8. The van der Waals surface area contributed by atoms with Crippen molar-refractivity contribution in [2.75, 3.05) is 6.26 Å². The van der Waals surface area contributed by atoms with Crippen LogP contribution in [0.1, 0.15) is 44.0 Å². The molecule has 0 fully saturated rings. The van der Waals surface area contributed by atoms with E-state index < -0.39 is 9.84 Å². The van der Waals surface area contributed by atoms with E-state index in [1.807, 2.05) is 20.8 Å². The van der Waals surface area contributed by atoms with Crippen LogP contribution in [-0.4, -0.2) is 20.6 Å². The first-order chi connectivity index (χ1) is 12.1. The van der Waals surface area contributed by atoms with Gasteiger partial charge in [-0.3, -0.25) is 0 Å². The van der Waals surface area contributed by atoms with Gasteiger partial charge in [0.2, 0.25) is 0 Å². The Morgan fingerprint density at radius 1 is 0.962 bits per heavy atom. The first kappa shape index (κ1) is 18.6. The fraction of sp³-hybridized carbons (Fsp3) is 0.350. The standard InChI is InChI=1S/C20H22FNO3S/c1-20(2,3)19-22-17(13-5-9-15(21)10-6-13)18(25-19)14-7-11-16(12-8-14)26(4,23)24/h5-12,17-18H,1-4H3. The van der Waals surface area contributed by atoms with E-state index in [2.05, 4.69) is 0 Å². The first-order valence-electron chi connectivity index (χ1n) is 8.36. The molecular formula is C20H22FNO3S. The van der Waals surface area contributed by atoms with Gasteiger partial charge in [-0.05, 0) is 35.4 Å². The Kier molecular flexibility index (Phi) is 4.65. The molecule has 0 N–H and O–H groups in total. The number of rotatable bonds is 3. The minimum Gasteiger partial charge on any atom is -0.470 e. The van der Waals surface area contributed by atoms with Crippen LogP contribution in [0.2, 0.25) is 0 Å². The highest BCUT2D eigenvalue weighted by Gasteiger charge is 2.38. The summed E-state index contributed by atoms with van der Waals surface area (Å²) in [6.07, 6.45) is 0.791. The van der Waals surface area contributed by atoms with Crippen LogP contribution in [0.25, 0.3) is 0 Å². The van der Waals surface area contributed by atoms with Crippen molar-refractivity contribution in [1.82, 2.24) is 0 Å². The van der Waals surface area contributed by atoms with Gasteiger partial charge in [-0.15, -0.1) is 0 Å². The number of nitrogens with zero attached hydrogens (tertiary/aromatic N) is 1. The minimum absolute atomic E-state index is 0.259. The maximum Gasteiger partial charge on any atom is 0.190 e. The molecule has 2 aromatic carbocycles. The molecule has 0 radical (unpaired) electrons. The molecule has 2 aromatic rings. The molecule has 0 aromatic heterocycles. The predicted molar refractivity (Wildman–Crippen MR) is 99.4 cm³/mol. The van der Waals surface area contributed by atoms with Gasteiger partial charge in [-0.1, -0.05) is 45.0 Å². The number of sulfone groups is 1. The lowest BCUT2D eigenvalue weighted by Crippen LogP contribution is -2.21. The summed E-state index contributed by atoms with van der Waals surface area (Å²) in [7, 11) is -3.26. The van der Waals surface area contributed by atoms with Gasteiger partial charge < -0.3 is 4.74 Å². The zero-order valence-electron chi connectivity index (χ0n) is 15.2. The molecule has 1 aliphatic heterocycles. The first-order valence-corrected chi connectivity index (χ1v) is 10.3. The van der Waals surface area contributed by atoms with E-state index in [0.29, 0.717) is 5.90 Å². The average Bonchev–Trinajstić information content (AvgIpc) is 3.00. The van der Waals surface area contributed by atoms with E-state index in [1.165, 1.54) is 18.4 Å². The summed E-state index contributed by atoms with van der Waals surface area (Å²) in [5, 5.41) is 0. The fourth-order valence-electron chi connectivity index (χ4n) is 2.84. The third-order valence-corrected chi connectivity index (χ3v) is 5.40. The van der Waals surface area contributed by atoms with Crippen LogP contribution >= 0.6 is 0 Å². The Bertz CT molecular complexity index is 927. The lowest BCUT2D eigenvalue weighted by atomic mass is 9.96. The highest BCUT2D eigenvalue weighted by molar-refractivity contribution is 7.90. The lowest BCUT2D eigenvalue weighted by molar-refractivity contribution is 0.177. The summed E-state index contributed by atoms with van der Waals surface area (Å²) in [6.45, 7) is 6.05. The molecule has 1 aliphatic rings. The van der Waals surface area contributed by atoms with E-state index in [-0.39, 0.29) is 28.3 Å². The molecule has 26 heavy (non-hydrogen) atoms. The second-order valence-corrected chi connectivity index (χ2v) is 9.58. The van der Waals surface area contributed by atoms with Crippen molar-refractivity contribution in [2.45, 2.75) is 37.8 Å². The average molecular weight is 375 g/mol. The van der Waals surface area contributed by atoms with Crippen LogP contribution in [0.4, 0.5) is 4.39 Å². The van der Waals surface area contributed by atoms with Crippen molar-refractivity contribution in [1.29, 1.82) is 0 Å². The zero-order valence-corrected chi connectivity index (χ0v) is 16.0. The van der Waals surface area contributed by atoms with Crippen molar-refractivity contribution in [3.63, 3.8) is 0 Å². The second-order valence-electron chi connectivity index (χ2n) is 7.56. The van der Waals surface area contributed by atoms with Crippen LogP contribution < -0.4 is 0 Å². The molecule has 2 atom stereocenters. The van der Waals surface area contributed by atoms with Gasteiger partial charge in [-0.25, -0.2) is 17.8 Å². The molecule has 0 saturated carbocycles. The molecule has 3 rings (SSSR count). The van der Waals surface area contributed by atoms with Gasteiger partial charge in [0.1, 0.15) is 11.9 Å². The maximum absolute atomic E-state index is 13.3. The summed E-state index contributed by atoms with van der Waals surface area (Å²) in [6, 6.07) is 12.6. The third kappa shape index (κ3) is 3.80. The molecule has 1 heterocycles. The van der Waals surface area contributed by atoms with Gasteiger partial charge in [0.25, 0.3) is 0 Å². The van der Waals surface area contributed by atoms with Gasteiger partial charge in [0.05, 0.1) is 4.90 Å². The SMILES string of the molecule is CC(C)(C)C1=NC(c2ccc(F)cc2)C(c2ccc(S(C)(=O)=O)cc2)O1. The Balaban J connectivity index is 2.00. The minimum atomic E-state index is -3.26.